The summed E-state index contributed by atoms with van der Waals surface area (Å²) in [5.74, 6) is 1.12. The highest BCUT2D eigenvalue weighted by Gasteiger charge is 2.41. The lowest BCUT2D eigenvalue weighted by atomic mass is 9.67. The number of nitrogens with two attached hydrogens (primary N) is 1. The molecule has 2 aliphatic carbocycles. The first kappa shape index (κ1) is 17.7. The van der Waals surface area contributed by atoms with Gasteiger partial charge in [0.1, 0.15) is 0 Å². The van der Waals surface area contributed by atoms with Gasteiger partial charge in [0, 0.05) is 12.1 Å². The number of halogens is 1. The van der Waals surface area contributed by atoms with E-state index in [0.717, 1.165) is 24.8 Å². The van der Waals surface area contributed by atoms with Gasteiger partial charge in [-0.15, -0.1) is 12.4 Å². The second-order valence-electron chi connectivity index (χ2n) is 7.42. The summed E-state index contributed by atoms with van der Waals surface area (Å²) in [5, 5.41) is 3.33. The van der Waals surface area contributed by atoms with Gasteiger partial charge in [0.25, 0.3) is 5.91 Å². The molecule has 3 unspecified atom stereocenters. The predicted molar refractivity (Wildman–Crippen MR) is 96.1 cm³/mol. The zero-order valence-electron chi connectivity index (χ0n) is 13.9. The molecular weight excluding hydrogens is 324 g/mol. The van der Waals surface area contributed by atoms with Crippen molar-refractivity contribution in [1.82, 2.24) is 5.32 Å². The van der Waals surface area contributed by atoms with Crippen molar-refractivity contribution < 1.29 is 9.53 Å². The molecule has 0 radical (unpaired) electrons. The summed E-state index contributed by atoms with van der Waals surface area (Å²) in [6.45, 7) is 0.623. The molecule has 1 aliphatic heterocycles. The van der Waals surface area contributed by atoms with Crippen molar-refractivity contribution in [1.29, 1.82) is 0 Å². The van der Waals surface area contributed by atoms with E-state index in [2.05, 4.69) is 11.4 Å². The van der Waals surface area contributed by atoms with Gasteiger partial charge < -0.3 is 15.8 Å². The summed E-state index contributed by atoms with van der Waals surface area (Å²) in [4.78, 5) is 12.9. The summed E-state index contributed by atoms with van der Waals surface area (Å²) in [7, 11) is 0. The minimum atomic E-state index is -0.448. The van der Waals surface area contributed by atoms with Gasteiger partial charge in [-0.25, -0.2) is 0 Å². The van der Waals surface area contributed by atoms with Crippen LogP contribution in [-0.4, -0.2) is 24.6 Å². The van der Waals surface area contributed by atoms with Crippen LogP contribution in [0.5, 0.6) is 0 Å². The van der Waals surface area contributed by atoms with Crippen LogP contribution in [0.25, 0.3) is 0 Å². The predicted octanol–water partition coefficient (Wildman–Crippen LogP) is 2.74. The second-order valence-corrected chi connectivity index (χ2v) is 7.42. The maximum Gasteiger partial charge on any atom is 0.254 e. The summed E-state index contributed by atoms with van der Waals surface area (Å²) < 4.78 is 5.81. The van der Waals surface area contributed by atoms with E-state index in [-0.39, 0.29) is 24.4 Å². The third kappa shape index (κ3) is 3.32. The Labute approximate surface area is 149 Å². The smallest absolute Gasteiger partial charge is 0.254 e. The molecule has 3 atom stereocenters. The Morgan fingerprint density at radius 3 is 2.62 bits per heavy atom. The van der Waals surface area contributed by atoms with Gasteiger partial charge in [-0.3, -0.25) is 4.79 Å². The van der Waals surface area contributed by atoms with Crippen molar-refractivity contribution in [2.75, 3.05) is 6.61 Å². The van der Waals surface area contributed by atoms with E-state index < -0.39 is 6.10 Å². The average Bonchev–Trinajstić information content (AvgIpc) is 2.55. The Morgan fingerprint density at radius 2 is 1.88 bits per heavy atom. The van der Waals surface area contributed by atoms with Crippen molar-refractivity contribution >= 4 is 18.3 Å². The maximum absolute atomic E-state index is 12.9. The SMILES string of the molecule is Cl.NC1CC2CCCC(C1)C2NC(=O)C1OCCc2ccccc21. The number of carbonyl (C=O) groups is 1. The number of ether oxygens (including phenoxy) is 1. The summed E-state index contributed by atoms with van der Waals surface area (Å²) in [5.41, 5.74) is 8.46. The molecule has 2 saturated carbocycles. The van der Waals surface area contributed by atoms with Gasteiger partial charge in [0.2, 0.25) is 0 Å². The summed E-state index contributed by atoms with van der Waals surface area (Å²) in [6, 6.07) is 8.75. The number of benzene rings is 1. The zero-order chi connectivity index (χ0) is 15.8. The van der Waals surface area contributed by atoms with Crippen LogP contribution in [0.1, 0.15) is 49.3 Å². The molecule has 4 rings (SSSR count). The lowest BCUT2D eigenvalue weighted by Gasteiger charge is -2.45. The quantitative estimate of drug-likeness (QED) is 0.862. The van der Waals surface area contributed by atoms with E-state index in [0.29, 0.717) is 24.5 Å². The highest BCUT2D eigenvalue weighted by atomic mass is 35.5. The average molecular weight is 351 g/mol. The molecule has 2 fully saturated rings. The molecule has 1 amide bonds. The highest BCUT2D eigenvalue weighted by molar-refractivity contribution is 5.85. The first-order chi connectivity index (χ1) is 11.2. The van der Waals surface area contributed by atoms with Gasteiger partial charge in [-0.2, -0.15) is 0 Å². The van der Waals surface area contributed by atoms with Crippen molar-refractivity contribution in [3.05, 3.63) is 35.4 Å². The van der Waals surface area contributed by atoms with Crippen molar-refractivity contribution in [2.24, 2.45) is 17.6 Å². The molecule has 0 aromatic heterocycles. The van der Waals surface area contributed by atoms with Gasteiger partial charge in [-0.05, 0) is 55.1 Å². The molecule has 2 bridgehead atoms. The number of amides is 1. The Kier molecular flexibility index (Phi) is 5.48. The van der Waals surface area contributed by atoms with Crippen molar-refractivity contribution in [3.8, 4) is 0 Å². The largest absolute Gasteiger partial charge is 0.363 e. The normalized spacial score (nSPS) is 34.6. The zero-order valence-corrected chi connectivity index (χ0v) is 14.8. The molecule has 0 spiro atoms. The number of fused-ring (bicyclic) bond motifs is 3. The van der Waals surface area contributed by atoms with E-state index >= 15 is 0 Å². The van der Waals surface area contributed by atoms with Gasteiger partial charge >= 0.3 is 0 Å². The summed E-state index contributed by atoms with van der Waals surface area (Å²) in [6.07, 6.45) is 6.19. The van der Waals surface area contributed by atoms with E-state index in [1.165, 1.54) is 24.8 Å². The standard InChI is InChI=1S/C19H26N2O2.ClH/c20-15-10-13-5-3-6-14(11-15)17(13)21-19(22)18-16-7-2-1-4-12(16)8-9-23-18;/h1-2,4,7,13-15,17-18H,3,5-6,8-11,20H2,(H,21,22);1H. The fourth-order valence-corrected chi connectivity index (χ4v) is 4.88. The van der Waals surface area contributed by atoms with Crippen LogP contribution in [-0.2, 0) is 16.0 Å². The molecule has 5 heteroatoms. The van der Waals surface area contributed by atoms with E-state index in [9.17, 15) is 4.79 Å². The number of carbonyl (C=O) groups excluding carboxylic acids is 1. The molecular formula is C19H27ClN2O2. The molecule has 1 aromatic rings. The summed E-state index contributed by atoms with van der Waals surface area (Å²) >= 11 is 0. The second kappa shape index (κ2) is 7.42. The van der Waals surface area contributed by atoms with Crippen LogP contribution < -0.4 is 11.1 Å². The van der Waals surface area contributed by atoms with Crippen LogP contribution in [0.2, 0.25) is 0 Å². The fraction of sp³-hybridized carbons (Fsp3) is 0.632. The third-order valence-corrected chi connectivity index (χ3v) is 5.92. The van der Waals surface area contributed by atoms with E-state index in [1.54, 1.807) is 0 Å². The lowest BCUT2D eigenvalue weighted by Crippen LogP contribution is -2.54. The van der Waals surface area contributed by atoms with Crippen molar-refractivity contribution in [3.63, 3.8) is 0 Å². The Morgan fingerprint density at radius 1 is 1.17 bits per heavy atom. The first-order valence-electron chi connectivity index (χ1n) is 8.97. The van der Waals surface area contributed by atoms with Crippen LogP contribution in [0.4, 0.5) is 0 Å². The number of nitrogens with one attached hydrogen (secondary N) is 1. The number of hydrogen-bond donors (Lipinski definition) is 2. The fourth-order valence-electron chi connectivity index (χ4n) is 4.88. The Bertz CT molecular complexity index is 580. The maximum atomic E-state index is 12.9. The molecule has 132 valence electrons. The number of rotatable bonds is 2. The molecule has 4 nitrogen and oxygen atoms in total. The van der Waals surface area contributed by atoms with Crippen LogP contribution in [0, 0.1) is 11.8 Å². The Balaban J connectivity index is 0.00000169. The lowest BCUT2D eigenvalue weighted by molar-refractivity contribution is -0.136. The molecule has 1 aromatic carbocycles. The topological polar surface area (TPSA) is 64.3 Å². The van der Waals surface area contributed by atoms with Crippen LogP contribution in [0.3, 0.4) is 0 Å². The highest BCUT2D eigenvalue weighted by Crippen LogP contribution is 2.40. The van der Waals surface area contributed by atoms with Gasteiger partial charge in [0.15, 0.2) is 6.10 Å². The van der Waals surface area contributed by atoms with E-state index in [4.69, 9.17) is 10.5 Å². The molecule has 3 aliphatic rings. The van der Waals surface area contributed by atoms with Crippen LogP contribution in [0.15, 0.2) is 24.3 Å². The van der Waals surface area contributed by atoms with Gasteiger partial charge in [0.05, 0.1) is 6.61 Å². The Hall–Kier alpha value is -1.10. The minimum Gasteiger partial charge on any atom is -0.363 e. The number of hydrogen-bond acceptors (Lipinski definition) is 3. The molecule has 1 heterocycles. The first-order valence-corrected chi connectivity index (χ1v) is 8.97. The molecule has 3 N–H and O–H groups in total. The minimum absolute atomic E-state index is 0. The monoisotopic (exact) mass is 350 g/mol. The molecule has 0 saturated heterocycles. The van der Waals surface area contributed by atoms with Gasteiger partial charge in [-0.1, -0.05) is 30.7 Å². The molecule has 24 heavy (non-hydrogen) atoms. The third-order valence-electron chi connectivity index (χ3n) is 5.92. The van der Waals surface area contributed by atoms with Crippen LogP contribution >= 0.6 is 12.4 Å². The van der Waals surface area contributed by atoms with Crippen molar-refractivity contribution in [2.45, 2.75) is 56.7 Å². The van der Waals surface area contributed by atoms with E-state index in [1.807, 2.05) is 18.2 Å².